The number of rotatable bonds is 5. The van der Waals surface area contributed by atoms with Gasteiger partial charge in [-0.15, -0.1) is 0 Å². The van der Waals surface area contributed by atoms with Crippen LogP contribution in [0.4, 0.5) is 8.78 Å². The Balaban J connectivity index is 3.26. The highest BCUT2D eigenvalue weighted by Crippen LogP contribution is 2.31. The van der Waals surface area contributed by atoms with Crippen LogP contribution in [0, 0.1) is 6.92 Å². The Morgan fingerprint density at radius 3 is 2.59 bits per heavy atom. The van der Waals surface area contributed by atoms with Crippen LogP contribution in [0.25, 0.3) is 0 Å². The summed E-state index contributed by atoms with van der Waals surface area (Å²) in [6.45, 7) is 1.42. The van der Waals surface area contributed by atoms with Gasteiger partial charge in [0.15, 0.2) is 0 Å². The van der Waals surface area contributed by atoms with E-state index in [-0.39, 0.29) is 6.54 Å². The highest BCUT2D eigenvalue weighted by Gasteiger charge is 2.41. The molecule has 0 radical (unpaired) electrons. The normalized spacial score (nSPS) is 14.6. The first-order valence-electron chi connectivity index (χ1n) is 5.21. The molecular formula is C12H15F2NO2. The standard InChI is InChI=1S/C12H15F2NO2/c1-8-3-2-4-9(5-8)12(7-15,11(16)17)6-10(13)14/h2-5,10H,6-7,15H2,1H3,(H,16,17). The maximum Gasteiger partial charge on any atom is 0.315 e. The minimum Gasteiger partial charge on any atom is -0.481 e. The average molecular weight is 243 g/mol. The summed E-state index contributed by atoms with van der Waals surface area (Å²) in [5, 5.41) is 9.20. The molecule has 0 saturated carbocycles. The number of halogens is 2. The molecule has 0 aliphatic rings. The zero-order valence-corrected chi connectivity index (χ0v) is 9.49. The fourth-order valence-corrected chi connectivity index (χ4v) is 1.82. The van der Waals surface area contributed by atoms with Gasteiger partial charge in [-0.3, -0.25) is 4.79 Å². The third-order valence-corrected chi connectivity index (χ3v) is 2.83. The quantitative estimate of drug-likeness (QED) is 0.830. The van der Waals surface area contributed by atoms with Crippen molar-refractivity contribution in [3.8, 4) is 0 Å². The molecule has 17 heavy (non-hydrogen) atoms. The van der Waals surface area contributed by atoms with Crippen LogP contribution in [0.15, 0.2) is 24.3 Å². The minimum atomic E-state index is -2.71. The van der Waals surface area contributed by atoms with E-state index >= 15 is 0 Å². The Bertz CT molecular complexity index is 409. The molecule has 1 aromatic rings. The highest BCUT2D eigenvalue weighted by molar-refractivity contribution is 5.82. The monoisotopic (exact) mass is 243 g/mol. The Morgan fingerprint density at radius 2 is 2.18 bits per heavy atom. The molecule has 0 spiro atoms. The first kappa shape index (κ1) is 13.6. The number of hydrogen-bond acceptors (Lipinski definition) is 2. The van der Waals surface area contributed by atoms with Crippen LogP contribution in [0.1, 0.15) is 17.5 Å². The third-order valence-electron chi connectivity index (χ3n) is 2.83. The van der Waals surface area contributed by atoms with Gasteiger partial charge in [0.1, 0.15) is 5.41 Å². The summed E-state index contributed by atoms with van der Waals surface area (Å²) in [5.41, 5.74) is 4.86. The summed E-state index contributed by atoms with van der Waals surface area (Å²) in [5.74, 6) is -1.31. The van der Waals surface area contributed by atoms with Crippen molar-refractivity contribution >= 4 is 5.97 Å². The van der Waals surface area contributed by atoms with Gasteiger partial charge < -0.3 is 10.8 Å². The van der Waals surface area contributed by atoms with Gasteiger partial charge in [-0.1, -0.05) is 29.8 Å². The van der Waals surface area contributed by atoms with Gasteiger partial charge in [-0.05, 0) is 12.5 Å². The number of hydrogen-bond donors (Lipinski definition) is 2. The van der Waals surface area contributed by atoms with Crippen LogP contribution in [-0.2, 0) is 10.2 Å². The van der Waals surface area contributed by atoms with Crippen LogP contribution < -0.4 is 5.73 Å². The van der Waals surface area contributed by atoms with E-state index in [4.69, 9.17) is 5.73 Å². The topological polar surface area (TPSA) is 63.3 Å². The van der Waals surface area contributed by atoms with Crippen LogP contribution in [-0.4, -0.2) is 24.0 Å². The summed E-state index contributed by atoms with van der Waals surface area (Å²) in [6.07, 6.45) is -3.49. The molecule has 0 aliphatic carbocycles. The molecule has 5 heteroatoms. The number of aliphatic carboxylic acids is 1. The largest absolute Gasteiger partial charge is 0.481 e. The van der Waals surface area contributed by atoms with Gasteiger partial charge in [-0.2, -0.15) is 0 Å². The second-order valence-electron chi connectivity index (χ2n) is 4.06. The summed E-state index contributed by atoms with van der Waals surface area (Å²) < 4.78 is 25.1. The average Bonchev–Trinajstić information content (AvgIpc) is 2.25. The smallest absolute Gasteiger partial charge is 0.315 e. The van der Waals surface area contributed by atoms with E-state index in [1.54, 1.807) is 25.1 Å². The number of alkyl halides is 2. The van der Waals surface area contributed by atoms with E-state index in [0.717, 1.165) is 5.56 Å². The van der Waals surface area contributed by atoms with Crippen LogP contribution in [0.3, 0.4) is 0 Å². The van der Waals surface area contributed by atoms with E-state index < -0.39 is 24.2 Å². The van der Waals surface area contributed by atoms with Gasteiger partial charge in [0.2, 0.25) is 6.43 Å². The number of aryl methyl sites for hydroxylation is 1. The molecule has 3 N–H and O–H groups in total. The van der Waals surface area contributed by atoms with Crippen molar-refractivity contribution < 1.29 is 18.7 Å². The second-order valence-corrected chi connectivity index (χ2v) is 4.06. The molecule has 3 nitrogen and oxygen atoms in total. The van der Waals surface area contributed by atoms with Gasteiger partial charge in [0.25, 0.3) is 0 Å². The Kier molecular flexibility index (Phi) is 4.17. The molecular weight excluding hydrogens is 228 g/mol. The van der Waals surface area contributed by atoms with Crippen molar-refractivity contribution in [1.29, 1.82) is 0 Å². The molecule has 94 valence electrons. The number of carboxylic acids is 1. The molecule has 0 bridgehead atoms. The molecule has 0 saturated heterocycles. The Morgan fingerprint density at radius 1 is 1.53 bits per heavy atom. The minimum absolute atomic E-state index is 0.327. The van der Waals surface area contributed by atoms with Crippen molar-refractivity contribution in [2.24, 2.45) is 5.73 Å². The highest BCUT2D eigenvalue weighted by atomic mass is 19.3. The van der Waals surface area contributed by atoms with Crippen molar-refractivity contribution in [2.75, 3.05) is 6.54 Å². The summed E-state index contributed by atoms with van der Waals surface area (Å²) in [4.78, 5) is 11.3. The molecule has 0 fully saturated rings. The first-order valence-corrected chi connectivity index (χ1v) is 5.21. The maximum atomic E-state index is 12.5. The SMILES string of the molecule is Cc1cccc(C(CN)(CC(F)F)C(=O)O)c1. The lowest BCUT2D eigenvalue weighted by atomic mass is 9.77. The Labute approximate surface area is 98.2 Å². The molecule has 0 amide bonds. The molecule has 0 aliphatic heterocycles. The lowest BCUT2D eigenvalue weighted by Crippen LogP contribution is -2.44. The lowest BCUT2D eigenvalue weighted by Gasteiger charge is -2.28. The lowest BCUT2D eigenvalue weighted by molar-refractivity contribution is -0.145. The second kappa shape index (κ2) is 5.23. The fraction of sp³-hybridized carbons (Fsp3) is 0.417. The van der Waals surface area contributed by atoms with Crippen LogP contribution in [0.2, 0.25) is 0 Å². The molecule has 1 aromatic carbocycles. The summed E-state index contributed by atoms with van der Waals surface area (Å²) >= 11 is 0. The van der Waals surface area contributed by atoms with E-state index in [1.165, 1.54) is 6.07 Å². The summed E-state index contributed by atoms with van der Waals surface area (Å²) in [7, 11) is 0. The van der Waals surface area contributed by atoms with E-state index in [1.807, 2.05) is 0 Å². The summed E-state index contributed by atoms with van der Waals surface area (Å²) in [6, 6.07) is 6.53. The van der Waals surface area contributed by atoms with Crippen molar-refractivity contribution in [3.05, 3.63) is 35.4 Å². The number of carboxylic acid groups (broad SMARTS) is 1. The molecule has 0 aromatic heterocycles. The van der Waals surface area contributed by atoms with Crippen molar-refractivity contribution in [1.82, 2.24) is 0 Å². The Hall–Kier alpha value is -1.49. The number of nitrogens with two attached hydrogens (primary N) is 1. The predicted octanol–water partition coefficient (Wildman–Crippen LogP) is 1.93. The first-order chi connectivity index (χ1) is 7.92. The van der Waals surface area contributed by atoms with Gasteiger partial charge >= 0.3 is 5.97 Å². The zero-order chi connectivity index (χ0) is 13.1. The van der Waals surface area contributed by atoms with E-state index in [0.29, 0.717) is 5.56 Å². The molecule has 0 heterocycles. The number of benzene rings is 1. The zero-order valence-electron chi connectivity index (χ0n) is 9.49. The van der Waals surface area contributed by atoms with Crippen molar-refractivity contribution in [2.45, 2.75) is 25.2 Å². The van der Waals surface area contributed by atoms with Gasteiger partial charge in [0.05, 0.1) is 0 Å². The third kappa shape index (κ3) is 2.79. The molecule has 1 atom stereocenters. The van der Waals surface area contributed by atoms with Gasteiger partial charge in [0, 0.05) is 13.0 Å². The van der Waals surface area contributed by atoms with Gasteiger partial charge in [-0.25, -0.2) is 8.78 Å². The maximum absolute atomic E-state index is 12.5. The van der Waals surface area contributed by atoms with Crippen LogP contribution >= 0.6 is 0 Å². The van der Waals surface area contributed by atoms with E-state index in [9.17, 15) is 18.7 Å². The fourth-order valence-electron chi connectivity index (χ4n) is 1.82. The molecule has 1 rings (SSSR count). The van der Waals surface area contributed by atoms with Crippen LogP contribution in [0.5, 0.6) is 0 Å². The van der Waals surface area contributed by atoms with E-state index in [2.05, 4.69) is 0 Å². The van der Waals surface area contributed by atoms with Crippen molar-refractivity contribution in [3.63, 3.8) is 0 Å². The predicted molar refractivity (Wildman–Crippen MR) is 60.2 cm³/mol. The molecule has 1 unspecified atom stereocenters. The number of carbonyl (C=O) groups is 1.